The normalized spacial score (nSPS) is 11.5. The molecule has 9 heteroatoms. The van der Waals surface area contributed by atoms with Gasteiger partial charge in [-0.05, 0) is 26.2 Å². The number of benzene rings is 2. The van der Waals surface area contributed by atoms with Gasteiger partial charge in [-0.25, -0.2) is 0 Å². The van der Waals surface area contributed by atoms with E-state index in [1.54, 1.807) is 24.3 Å². The third-order valence-electron chi connectivity index (χ3n) is 3.65. The van der Waals surface area contributed by atoms with Gasteiger partial charge in [0.2, 0.25) is 5.78 Å². The lowest BCUT2D eigenvalue weighted by molar-refractivity contribution is -0.389. The fourth-order valence-electron chi connectivity index (χ4n) is 2.47. The minimum Gasteiger partial charge on any atom is -0.358 e. The maximum atomic E-state index is 12.5. The molecule has 0 fully saturated rings. The Kier molecular flexibility index (Phi) is 4.68. The van der Waals surface area contributed by atoms with E-state index in [-0.39, 0.29) is 5.13 Å². The molecule has 8 nitrogen and oxygen atoms in total. The first-order valence-electron chi connectivity index (χ1n) is 7.33. The summed E-state index contributed by atoms with van der Waals surface area (Å²) in [6, 6.07) is 14.2. The molecule has 0 saturated carbocycles. The molecule has 26 heavy (non-hydrogen) atoms. The molecule has 1 N–H and O–H groups in total. The number of ketones is 1. The van der Waals surface area contributed by atoms with E-state index in [1.165, 1.54) is 0 Å². The predicted molar refractivity (Wildman–Crippen MR) is 94.7 cm³/mol. The molecule has 0 radical (unpaired) electrons. The summed E-state index contributed by atoms with van der Waals surface area (Å²) < 4.78 is 0. The van der Waals surface area contributed by atoms with Gasteiger partial charge in [0.25, 0.3) is 5.91 Å². The van der Waals surface area contributed by atoms with E-state index in [0.717, 1.165) is 22.1 Å². The molecule has 0 saturated heterocycles. The summed E-state index contributed by atoms with van der Waals surface area (Å²) in [5.41, 5.74) is 0.427. The SMILES string of the molecule is N#C[C@@H](C(=O)C(=O)Nc1nc([N+](=O)[O-])cs1)c1cccc2ccccc12. The summed E-state index contributed by atoms with van der Waals surface area (Å²) >= 11 is 0.821. The molecule has 0 aliphatic carbocycles. The van der Waals surface area contributed by atoms with Crippen molar-refractivity contribution < 1.29 is 14.5 Å². The van der Waals surface area contributed by atoms with Gasteiger partial charge in [0.1, 0.15) is 5.92 Å². The van der Waals surface area contributed by atoms with E-state index < -0.39 is 28.3 Å². The Hall–Kier alpha value is -3.64. The molecule has 1 heterocycles. The summed E-state index contributed by atoms with van der Waals surface area (Å²) in [7, 11) is 0. The largest absolute Gasteiger partial charge is 0.376 e. The number of fused-ring (bicyclic) bond motifs is 1. The highest BCUT2D eigenvalue weighted by molar-refractivity contribution is 7.14. The molecule has 1 aromatic heterocycles. The van der Waals surface area contributed by atoms with Gasteiger partial charge in [-0.3, -0.25) is 14.9 Å². The number of rotatable bonds is 5. The number of nitro groups is 1. The minimum absolute atomic E-state index is 0.0790. The third-order valence-corrected chi connectivity index (χ3v) is 4.39. The third kappa shape index (κ3) is 3.26. The van der Waals surface area contributed by atoms with Crippen molar-refractivity contribution in [1.82, 2.24) is 4.98 Å². The zero-order valence-electron chi connectivity index (χ0n) is 13.1. The number of hydrogen-bond donors (Lipinski definition) is 1. The van der Waals surface area contributed by atoms with Crippen LogP contribution >= 0.6 is 11.3 Å². The standard InChI is InChI=1S/C17H10N4O4S/c18-8-13(12-7-3-5-10-4-1-2-6-11(10)12)15(22)16(23)20-17-19-14(9-26-17)21(24)25/h1-7,9,13H,(H,19,20,23)/t13-/m1/s1. The number of Topliss-reactive ketones (excluding diaryl/α,β-unsaturated/α-hetero) is 1. The first kappa shape index (κ1) is 17.2. The van der Waals surface area contributed by atoms with Gasteiger partial charge in [-0.15, -0.1) is 0 Å². The van der Waals surface area contributed by atoms with E-state index in [0.29, 0.717) is 10.9 Å². The van der Waals surface area contributed by atoms with Crippen molar-refractivity contribution in [2.75, 3.05) is 5.32 Å². The number of nitrogens with one attached hydrogen (secondary N) is 1. The summed E-state index contributed by atoms with van der Waals surface area (Å²) in [4.78, 5) is 38.2. The van der Waals surface area contributed by atoms with Crippen LogP contribution in [-0.4, -0.2) is 21.6 Å². The highest BCUT2D eigenvalue weighted by Crippen LogP contribution is 2.27. The summed E-state index contributed by atoms with van der Waals surface area (Å²) in [5, 5.41) is 24.9. The quantitative estimate of drug-likeness (QED) is 0.420. The number of carbonyl (C=O) groups excluding carboxylic acids is 2. The van der Waals surface area contributed by atoms with Crippen LogP contribution in [0.4, 0.5) is 10.9 Å². The highest BCUT2D eigenvalue weighted by atomic mass is 32.1. The molecule has 0 aliphatic rings. The van der Waals surface area contributed by atoms with E-state index in [4.69, 9.17) is 0 Å². The van der Waals surface area contributed by atoms with Crippen molar-refractivity contribution in [3.63, 3.8) is 0 Å². The lowest BCUT2D eigenvalue weighted by atomic mass is 9.91. The van der Waals surface area contributed by atoms with Gasteiger partial charge in [-0.2, -0.15) is 5.26 Å². The van der Waals surface area contributed by atoms with Crippen LogP contribution in [0, 0.1) is 21.4 Å². The van der Waals surface area contributed by atoms with E-state index in [9.17, 15) is 25.0 Å². The Morgan fingerprint density at radius 2 is 1.96 bits per heavy atom. The highest BCUT2D eigenvalue weighted by Gasteiger charge is 2.29. The number of carbonyl (C=O) groups is 2. The first-order valence-corrected chi connectivity index (χ1v) is 8.21. The maximum absolute atomic E-state index is 12.5. The second-order valence-electron chi connectivity index (χ2n) is 5.22. The molecular formula is C17H10N4O4S. The van der Waals surface area contributed by atoms with Crippen molar-refractivity contribution in [2.24, 2.45) is 0 Å². The molecule has 128 valence electrons. The van der Waals surface area contributed by atoms with Crippen molar-refractivity contribution >= 4 is 44.7 Å². The number of anilines is 1. The van der Waals surface area contributed by atoms with Gasteiger partial charge in [-0.1, -0.05) is 53.8 Å². The summed E-state index contributed by atoms with van der Waals surface area (Å²) in [6.45, 7) is 0. The summed E-state index contributed by atoms with van der Waals surface area (Å²) in [5.74, 6) is -3.73. The minimum atomic E-state index is -1.30. The molecule has 3 rings (SSSR count). The molecular weight excluding hydrogens is 356 g/mol. The molecule has 0 aliphatic heterocycles. The van der Waals surface area contributed by atoms with Gasteiger partial charge < -0.3 is 10.1 Å². The van der Waals surface area contributed by atoms with Crippen molar-refractivity contribution in [2.45, 2.75) is 5.92 Å². The topological polar surface area (TPSA) is 126 Å². The van der Waals surface area contributed by atoms with Crippen molar-refractivity contribution in [1.29, 1.82) is 5.26 Å². The Morgan fingerprint density at radius 1 is 1.23 bits per heavy atom. The fraction of sp³-hybridized carbons (Fsp3) is 0.0588. The lowest BCUT2D eigenvalue weighted by Crippen LogP contribution is -2.27. The van der Waals surface area contributed by atoms with Crippen LogP contribution in [0.25, 0.3) is 10.8 Å². The lowest BCUT2D eigenvalue weighted by Gasteiger charge is -2.10. The molecule has 3 aromatic rings. The number of nitriles is 1. The number of amides is 1. The second kappa shape index (κ2) is 7.08. The van der Waals surface area contributed by atoms with Gasteiger partial charge in [0.15, 0.2) is 0 Å². The van der Waals surface area contributed by atoms with E-state index >= 15 is 0 Å². The second-order valence-corrected chi connectivity index (χ2v) is 6.07. The van der Waals surface area contributed by atoms with Crippen LogP contribution in [-0.2, 0) is 9.59 Å². The van der Waals surface area contributed by atoms with Crippen LogP contribution in [0.5, 0.6) is 0 Å². The number of nitrogens with zero attached hydrogens (tertiary/aromatic N) is 3. The van der Waals surface area contributed by atoms with Crippen LogP contribution < -0.4 is 5.32 Å². The predicted octanol–water partition coefficient (Wildman–Crippen LogP) is 3.02. The summed E-state index contributed by atoms with van der Waals surface area (Å²) in [6.07, 6.45) is 0. The van der Waals surface area contributed by atoms with Crippen molar-refractivity contribution in [3.8, 4) is 6.07 Å². The molecule has 2 aromatic carbocycles. The van der Waals surface area contributed by atoms with Crippen LogP contribution in [0.3, 0.4) is 0 Å². The Balaban J connectivity index is 1.87. The van der Waals surface area contributed by atoms with Gasteiger partial charge in [0, 0.05) is 0 Å². The molecule has 1 amide bonds. The van der Waals surface area contributed by atoms with Gasteiger partial charge in [0.05, 0.1) is 11.4 Å². The molecule has 1 atom stereocenters. The van der Waals surface area contributed by atoms with Crippen molar-refractivity contribution in [3.05, 3.63) is 63.5 Å². The number of thiazole rings is 1. The Morgan fingerprint density at radius 3 is 2.65 bits per heavy atom. The zero-order valence-corrected chi connectivity index (χ0v) is 13.9. The van der Waals surface area contributed by atoms with Crippen LogP contribution in [0.15, 0.2) is 47.8 Å². The zero-order chi connectivity index (χ0) is 18.7. The maximum Gasteiger partial charge on any atom is 0.376 e. The molecule has 0 bridgehead atoms. The van der Waals surface area contributed by atoms with E-state index in [1.807, 2.05) is 24.3 Å². The molecule has 0 spiro atoms. The smallest absolute Gasteiger partial charge is 0.358 e. The van der Waals surface area contributed by atoms with Crippen LogP contribution in [0.1, 0.15) is 11.5 Å². The van der Waals surface area contributed by atoms with Crippen LogP contribution in [0.2, 0.25) is 0 Å². The average molecular weight is 366 g/mol. The Labute approximate surface area is 150 Å². The number of hydrogen-bond acceptors (Lipinski definition) is 7. The van der Waals surface area contributed by atoms with E-state index in [2.05, 4.69) is 10.3 Å². The fourth-order valence-corrected chi connectivity index (χ4v) is 3.12. The monoisotopic (exact) mass is 366 g/mol. The first-order chi connectivity index (χ1) is 12.5. The average Bonchev–Trinajstić information content (AvgIpc) is 3.11. The van der Waals surface area contributed by atoms with Gasteiger partial charge >= 0.3 is 10.9 Å². The Bertz CT molecular complexity index is 1060. The number of aromatic nitrogens is 1. The molecule has 0 unspecified atom stereocenters.